The van der Waals surface area contributed by atoms with Gasteiger partial charge in [0.1, 0.15) is 17.9 Å². The molecule has 5 heteroatoms. The minimum Gasteiger partial charge on any atom is -0.368 e. The molecule has 4 nitrogen and oxygen atoms in total. The number of nitrogens with zero attached hydrogens (tertiary/aromatic N) is 1. The molecule has 3 N–H and O–H groups in total. The number of primary amides is 1. The second kappa shape index (κ2) is 6.12. The Morgan fingerprint density at radius 2 is 2.22 bits per heavy atom. The molecule has 1 atom stereocenters. The number of halogens is 1. The summed E-state index contributed by atoms with van der Waals surface area (Å²) in [6, 6.07) is 5.00. The molecule has 0 spiro atoms. The van der Waals surface area contributed by atoms with Crippen molar-refractivity contribution in [1.29, 1.82) is 5.26 Å². The first kappa shape index (κ1) is 14.1. The number of hydrogen-bond donors (Lipinski definition) is 2. The van der Waals surface area contributed by atoms with Gasteiger partial charge in [-0.1, -0.05) is 19.9 Å². The van der Waals surface area contributed by atoms with Gasteiger partial charge >= 0.3 is 0 Å². The Hall–Kier alpha value is -1.93. The molecule has 0 aliphatic rings. The van der Waals surface area contributed by atoms with Crippen molar-refractivity contribution in [3.8, 4) is 6.07 Å². The fourth-order valence-electron chi connectivity index (χ4n) is 1.54. The molecule has 0 heterocycles. The maximum absolute atomic E-state index is 13.2. The SMILES string of the molecule is CC(C)CNC(C(N)=O)c1ccc(F)c(C#N)c1. The van der Waals surface area contributed by atoms with Gasteiger partial charge in [0.15, 0.2) is 0 Å². The molecule has 0 fully saturated rings. The average molecular weight is 249 g/mol. The van der Waals surface area contributed by atoms with E-state index in [1.165, 1.54) is 18.2 Å². The van der Waals surface area contributed by atoms with E-state index in [0.29, 0.717) is 18.0 Å². The average Bonchev–Trinajstić information content (AvgIpc) is 2.30. The Morgan fingerprint density at radius 1 is 1.56 bits per heavy atom. The van der Waals surface area contributed by atoms with E-state index < -0.39 is 17.8 Å². The topological polar surface area (TPSA) is 78.9 Å². The second-order valence-electron chi connectivity index (χ2n) is 4.49. The standard InChI is InChI=1S/C13H16FN3O/c1-8(2)7-17-12(13(16)18)9-3-4-11(14)10(5-9)6-15/h3-5,8,12,17H,7H2,1-2H3,(H2,16,18). The van der Waals surface area contributed by atoms with Gasteiger partial charge in [-0.15, -0.1) is 0 Å². The lowest BCUT2D eigenvalue weighted by molar-refractivity contribution is -0.120. The Bertz CT molecular complexity index is 480. The zero-order valence-electron chi connectivity index (χ0n) is 10.4. The van der Waals surface area contributed by atoms with E-state index in [1.54, 1.807) is 6.07 Å². The Kier molecular flexibility index (Phi) is 4.81. The van der Waals surface area contributed by atoms with Crippen LogP contribution in [0.1, 0.15) is 31.0 Å². The Morgan fingerprint density at radius 3 is 2.72 bits per heavy atom. The van der Waals surface area contributed by atoms with Crippen molar-refractivity contribution in [2.75, 3.05) is 6.54 Å². The van der Waals surface area contributed by atoms with Gasteiger partial charge < -0.3 is 11.1 Å². The summed E-state index contributed by atoms with van der Waals surface area (Å²) in [5.41, 5.74) is 5.71. The lowest BCUT2D eigenvalue weighted by Gasteiger charge is -2.17. The van der Waals surface area contributed by atoms with E-state index in [-0.39, 0.29) is 5.56 Å². The maximum atomic E-state index is 13.2. The highest BCUT2D eigenvalue weighted by molar-refractivity contribution is 5.81. The van der Waals surface area contributed by atoms with Crippen LogP contribution in [0.5, 0.6) is 0 Å². The van der Waals surface area contributed by atoms with Crippen LogP contribution in [0.25, 0.3) is 0 Å². The third kappa shape index (κ3) is 3.54. The van der Waals surface area contributed by atoms with Crippen molar-refractivity contribution in [2.45, 2.75) is 19.9 Å². The van der Waals surface area contributed by atoms with Crippen molar-refractivity contribution in [3.05, 3.63) is 35.1 Å². The fraction of sp³-hybridized carbons (Fsp3) is 0.385. The molecule has 0 radical (unpaired) electrons. The summed E-state index contributed by atoms with van der Waals surface area (Å²) in [6.07, 6.45) is 0. The minimum atomic E-state index is -0.708. The predicted molar refractivity (Wildman–Crippen MR) is 65.9 cm³/mol. The van der Waals surface area contributed by atoms with E-state index in [0.717, 1.165) is 0 Å². The molecule has 1 aromatic rings. The van der Waals surface area contributed by atoms with Gasteiger partial charge in [0.05, 0.1) is 5.56 Å². The first-order valence-electron chi connectivity index (χ1n) is 5.68. The highest BCUT2D eigenvalue weighted by atomic mass is 19.1. The number of amides is 1. The monoisotopic (exact) mass is 249 g/mol. The van der Waals surface area contributed by atoms with E-state index in [4.69, 9.17) is 11.0 Å². The fourth-order valence-corrected chi connectivity index (χ4v) is 1.54. The molecular weight excluding hydrogens is 233 g/mol. The smallest absolute Gasteiger partial charge is 0.239 e. The third-order valence-electron chi connectivity index (χ3n) is 2.46. The molecule has 0 aliphatic heterocycles. The first-order valence-corrected chi connectivity index (χ1v) is 5.68. The Labute approximate surface area is 106 Å². The summed E-state index contributed by atoms with van der Waals surface area (Å²) in [5.74, 6) is -0.804. The van der Waals surface area contributed by atoms with Gasteiger partial charge in [-0.3, -0.25) is 4.79 Å². The molecule has 1 unspecified atom stereocenters. The largest absolute Gasteiger partial charge is 0.368 e. The van der Waals surface area contributed by atoms with Crippen LogP contribution in [-0.4, -0.2) is 12.5 Å². The quantitative estimate of drug-likeness (QED) is 0.829. The van der Waals surface area contributed by atoms with Crippen molar-refractivity contribution >= 4 is 5.91 Å². The second-order valence-corrected chi connectivity index (χ2v) is 4.49. The third-order valence-corrected chi connectivity index (χ3v) is 2.46. The molecule has 1 rings (SSSR count). The summed E-state index contributed by atoms with van der Waals surface area (Å²) in [4.78, 5) is 11.4. The molecule has 1 aromatic carbocycles. The van der Waals surface area contributed by atoms with Crippen LogP contribution in [0.3, 0.4) is 0 Å². The van der Waals surface area contributed by atoms with Gasteiger partial charge in [-0.25, -0.2) is 4.39 Å². The van der Waals surface area contributed by atoms with Crippen LogP contribution in [-0.2, 0) is 4.79 Å². The zero-order valence-corrected chi connectivity index (χ0v) is 10.4. The van der Waals surface area contributed by atoms with E-state index in [2.05, 4.69) is 5.32 Å². The molecule has 0 aliphatic carbocycles. The number of nitrogens with two attached hydrogens (primary N) is 1. The highest BCUT2D eigenvalue weighted by Gasteiger charge is 2.18. The van der Waals surface area contributed by atoms with E-state index >= 15 is 0 Å². The van der Waals surface area contributed by atoms with Crippen molar-refractivity contribution in [2.24, 2.45) is 11.7 Å². The molecule has 0 saturated carbocycles. The van der Waals surface area contributed by atoms with Crippen LogP contribution in [0.2, 0.25) is 0 Å². The summed E-state index contributed by atoms with van der Waals surface area (Å²) >= 11 is 0. The van der Waals surface area contributed by atoms with Gasteiger partial charge in [-0.2, -0.15) is 5.26 Å². The zero-order chi connectivity index (χ0) is 13.7. The number of nitriles is 1. The Balaban J connectivity index is 2.99. The van der Waals surface area contributed by atoms with Crippen molar-refractivity contribution < 1.29 is 9.18 Å². The van der Waals surface area contributed by atoms with Crippen LogP contribution >= 0.6 is 0 Å². The van der Waals surface area contributed by atoms with Gasteiger partial charge in [0, 0.05) is 0 Å². The summed E-state index contributed by atoms with van der Waals surface area (Å²) in [5, 5.41) is 11.8. The predicted octanol–water partition coefficient (Wildman–Crippen LogP) is 1.47. The lowest BCUT2D eigenvalue weighted by atomic mass is 10.0. The van der Waals surface area contributed by atoms with Crippen LogP contribution in [0, 0.1) is 23.1 Å². The number of carbonyl (C=O) groups is 1. The number of hydrogen-bond acceptors (Lipinski definition) is 3. The van der Waals surface area contributed by atoms with E-state index in [1.807, 2.05) is 13.8 Å². The maximum Gasteiger partial charge on any atom is 0.239 e. The van der Waals surface area contributed by atoms with Gasteiger partial charge in [0.2, 0.25) is 5.91 Å². The summed E-state index contributed by atoms with van der Waals surface area (Å²) in [7, 11) is 0. The lowest BCUT2D eigenvalue weighted by Crippen LogP contribution is -2.35. The molecule has 0 aromatic heterocycles. The molecule has 0 bridgehead atoms. The molecule has 1 amide bonds. The normalized spacial score (nSPS) is 12.2. The van der Waals surface area contributed by atoms with Crippen molar-refractivity contribution in [1.82, 2.24) is 5.32 Å². The van der Waals surface area contributed by atoms with Gasteiger partial charge in [0.25, 0.3) is 0 Å². The van der Waals surface area contributed by atoms with E-state index in [9.17, 15) is 9.18 Å². The van der Waals surface area contributed by atoms with Crippen LogP contribution < -0.4 is 11.1 Å². The number of nitrogens with one attached hydrogen (secondary N) is 1. The van der Waals surface area contributed by atoms with Crippen LogP contribution in [0.4, 0.5) is 4.39 Å². The first-order chi connectivity index (χ1) is 8.45. The van der Waals surface area contributed by atoms with Crippen molar-refractivity contribution in [3.63, 3.8) is 0 Å². The number of benzene rings is 1. The number of rotatable bonds is 5. The van der Waals surface area contributed by atoms with Gasteiger partial charge in [-0.05, 0) is 30.2 Å². The minimum absolute atomic E-state index is 0.0925. The summed E-state index contributed by atoms with van der Waals surface area (Å²) in [6.45, 7) is 4.60. The molecule has 96 valence electrons. The molecule has 18 heavy (non-hydrogen) atoms. The number of carbonyl (C=O) groups excluding carboxylic acids is 1. The van der Waals surface area contributed by atoms with Crippen LogP contribution in [0.15, 0.2) is 18.2 Å². The summed E-state index contributed by atoms with van der Waals surface area (Å²) < 4.78 is 13.2. The molecule has 0 saturated heterocycles. The molecular formula is C13H16FN3O. The highest BCUT2D eigenvalue weighted by Crippen LogP contribution is 2.17.